The average Bonchev–Trinajstić information content (AvgIpc) is 2.72. The fourth-order valence-electron chi connectivity index (χ4n) is 2.49. The van der Waals surface area contributed by atoms with Crippen molar-refractivity contribution >= 4 is 33.6 Å². The molecule has 0 atom stereocenters. The van der Waals surface area contributed by atoms with Crippen molar-refractivity contribution in [1.29, 1.82) is 0 Å². The maximum atomic E-state index is 12.2. The summed E-state index contributed by atoms with van der Waals surface area (Å²) in [5.41, 5.74) is 0.195. The van der Waals surface area contributed by atoms with Gasteiger partial charge in [-0.2, -0.15) is 0 Å². The highest BCUT2D eigenvalue weighted by Crippen LogP contribution is 2.34. The fourth-order valence-corrected chi connectivity index (χ4v) is 4.11. The van der Waals surface area contributed by atoms with Gasteiger partial charge in [0.15, 0.2) is 11.5 Å². The summed E-state index contributed by atoms with van der Waals surface area (Å²) in [6.07, 6.45) is 0. The molecule has 3 rings (SSSR count). The first-order valence-corrected chi connectivity index (χ1v) is 11.1. The highest BCUT2D eigenvalue weighted by molar-refractivity contribution is 8.00. The molecule has 0 fully saturated rings. The van der Waals surface area contributed by atoms with Crippen LogP contribution in [0.15, 0.2) is 52.3 Å². The Hall–Kier alpha value is -2.56. The minimum atomic E-state index is -3.58. The number of carbonyl (C=O) groups is 2. The summed E-state index contributed by atoms with van der Waals surface area (Å²) in [7, 11) is -0.727. The number of fused-ring (bicyclic) bond motifs is 1. The van der Waals surface area contributed by atoms with Gasteiger partial charge in [0.25, 0.3) is 5.91 Å². The van der Waals surface area contributed by atoms with Crippen molar-refractivity contribution in [3.63, 3.8) is 0 Å². The summed E-state index contributed by atoms with van der Waals surface area (Å²) in [5.74, 6) is 0.287. The second kappa shape index (κ2) is 8.85. The van der Waals surface area contributed by atoms with Crippen LogP contribution in [-0.2, 0) is 14.8 Å². The molecule has 10 heteroatoms. The van der Waals surface area contributed by atoms with E-state index in [0.29, 0.717) is 24.7 Å². The number of benzene rings is 2. The zero-order chi connectivity index (χ0) is 21.0. The molecule has 8 nitrogen and oxygen atoms in total. The standard InChI is InChI=1S/C19H20N2O6S2/c1-21(2)29(24,25)15-6-3-13(4-7-15)19(23)20-18(22)12-28-14-5-8-16-17(11-14)27-10-9-26-16/h3-8,11H,9-10,12H2,1-2H3,(H,20,22,23). The second-order valence-corrected chi connectivity index (χ2v) is 9.48. The van der Waals surface area contributed by atoms with E-state index in [2.05, 4.69) is 5.32 Å². The number of rotatable bonds is 6. The number of hydrogen-bond donors (Lipinski definition) is 1. The van der Waals surface area contributed by atoms with Crippen molar-refractivity contribution in [1.82, 2.24) is 9.62 Å². The van der Waals surface area contributed by atoms with E-state index in [9.17, 15) is 18.0 Å². The Balaban J connectivity index is 1.56. The van der Waals surface area contributed by atoms with Crippen LogP contribution in [0.5, 0.6) is 11.5 Å². The van der Waals surface area contributed by atoms with Crippen molar-refractivity contribution in [2.24, 2.45) is 0 Å². The van der Waals surface area contributed by atoms with E-state index in [1.165, 1.54) is 50.1 Å². The molecule has 1 aliphatic heterocycles. The lowest BCUT2D eigenvalue weighted by Crippen LogP contribution is -2.31. The number of ether oxygens (including phenoxy) is 2. The third-order valence-electron chi connectivity index (χ3n) is 4.03. The summed E-state index contributed by atoms with van der Waals surface area (Å²) in [4.78, 5) is 25.2. The molecule has 0 bridgehead atoms. The number of hydrogen-bond acceptors (Lipinski definition) is 7. The monoisotopic (exact) mass is 436 g/mol. The van der Waals surface area contributed by atoms with E-state index < -0.39 is 21.8 Å². The molecular weight excluding hydrogens is 416 g/mol. The molecule has 0 spiro atoms. The molecule has 1 heterocycles. The van der Waals surface area contributed by atoms with Crippen molar-refractivity contribution < 1.29 is 27.5 Å². The Morgan fingerprint density at radius 3 is 2.34 bits per heavy atom. The van der Waals surface area contributed by atoms with Crippen molar-refractivity contribution in [2.45, 2.75) is 9.79 Å². The van der Waals surface area contributed by atoms with Crippen LogP contribution in [0, 0.1) is 0 Å². The molecule has 1 aliphatic rings. The fraction of sp³-hybridized carbons (Fsp3) is 0.263. The van der Waals surface area contributed by atoms with E-state index in [-0.39, 0.29) is 16.2 Å². The lowest BCUT2D eigenvalue weighted by Gasteiger charge is -2.18. The predicted octanol–water partition coefficient (Wildman–Crippen LogP) is 1.76. The molecule has 0 radical (unpaired) electrons. The molecule has 0 aromatic heterocycles. The topological polar surface area (TPSA) is 102 Å². The van der Waals surface area contributed by atoms with Gasteiger partial charge < -0.3 is 9.47 Å². The second-order valence-electron chi connectivity index (χ2n) is 6.28. The van der Waals surface area contributed by atoms with Crippen LogP contribution in [0.1, 0.15) is 10.4 Å². The average molecular weight is 437 g/mol. The number of amides is 2. The van der Waals surface area contributed by atoms with E-state index in [4.69, 9.17) is 9.47 Å². The quantitative estimate of drug-likeness (QED) is 0.689. The van der Waals surface area contributed by atoms with Gasteiger partial charge in [0, 0.05) is 24.6 Å². The zero-order valence-electron chi connectivity index (χ0n) is 15.9. The third-order valence-corrected chi connectivity index (χ3v) is 6.85. The molecule has 154 valence electrons. The molecule has 0 saturated carbocycles. The van der Waals surface area contributed by atoms with Gasteiger partial charge in [0.1, 0.15) is 13.2 Å². The molecule has 29 heavy (non-hydrogen) atoms. The number of thioether (sulfide) groups is 1. The summed E-state index contributed by atoms with van der Waals surface area (Å²) < 4.78 is 36.1. The first-order valence-electron chi connectivity index (χ1n) is 8.66. The number of sulfonamides is 1. The van der Waals surface area contributed by atoms with Gasteiger partial charge in [-0.05, 0) is 42.5 Å². The van der Waals surface area contributed by atoms with Crippen LogP contribution >= 0.6 is 11.8 Å². The first kappa shape index (κ1) is 21.2. The number of imide groups is 1. The van der Waals surface area contributed by atoms with Crippen LogP contribution in [0.3, 0.4) is 0 Å². The van der Waals surface area contributed by atoms with Crippen molar-refractivity contribution in [2.75, 3.05) is 33.1 Å². The van der Waals surface area contributed by atoms with Crippen LogP contribution < -0.4 is 14.8 Å². The van der Waals surface area contributed by atoms with Crippen LogP contribution in [-0.4, -0.2) is 57.6 Å². The van der Waals surface area contributed by atoms with Gasteiger partial charge in [-0.15, -0.1) is 11.8 Å². The molecule has 2 aromatic rings. The van der Waals surface area contributed by atoms with E-state index >= 15 is 0 Å². The lowest BCUT2D eigenvalue weighted by atomic mass is 10.2. The summed E-state index contributed by atoms with van der Waals surface area (Å²) in [6, 6.07) is 10.8. The summed E-state index contributed by atoms with van der Waals surface area (Å²) in [6.45, 7) is 0.983. The van der Waals surface area contributed by atoms with Gasteiger partial charge in [-0.3, -0.25) is 14.9 Å². The van der Waals surface area contributed by atoms with Gasteiger partial charge in [-0.1, -0.05) is 0 Å². The van der Waals surface area contributed by atoms with Crippen LogP contribution in [0.2, 0.25) is 0 Å². The third kappa shape index (κ3) is 5.08. The Morgan fingerprint density at radius 1 is 1.03 bits per heavy atom. The minimum Gasteiger partial charge on any atom is -0.486 e. The first-order chi connectivity index (χ1) is 13.8. The van der Waals surface area contributed by atoms with E-state index in [1.807, 2.05) is 6.07 Å². The molecular formula is C19H20N2O6S2. The Kier molecular flexibility index (Phi) is 6.46. The Labute approximate surface area is 173 Å². The SMILES string of the molecule is CN(C)S(=O)(=O)c1ccc(C(=O)NC(=O)CSc2ccc3c(c2)OCCO3)cc1. The smallest absolute Gasteiger partial charge is 0.257 e. The van der Waals surface area contributed by atoms with Crippen LogP contribution in [0.4, 0.5) is 0 Å². The molecule has 0 unspecified atom stereocenters. The number of carbonyl (C=O) groups excluding carboxylic acids is 2. The van der Waals surface area contributed by atoms with Gasteiger partial charge in [-0.25, -0.2) is 12.7 Å². The summed E-state index contributed by atoms with van der Waals surface area (Å²) in [5, 5.41) is 2.30. The maximum Gasteiger partial charge on any atom is 0.257 e. The Morgan fingerprint density at radius 2 is 1.69 bits per heavy atom. The minimum absolute atomic E-state index is 0.0402. The Bertz CT molecular complexity index is 1020. The number of nitrogens with zero attached hydrogens (tertiary/aromatic N) is 1. The highest BCUT2D eigenvalue weighted by Gasteiger charge is 2.18. The molecule has 0 aliphatic carbocycles. The largest absolute Gasteiger partial charge is 0.486 e. The van der Waals surface area contributed by atoms with Crippen molar-refractivity contribution in [3.05, 3.63) is 48.0 Å². The van der Waals surface area contributed by atoms with Crippen molar-refractivity contribution in [3.8, 4) is 11.5 Å². The molecule has 2 amide bonds. The molecule has 2 aromatic carbocycles. The van der Waals surface area contributed by atoms with Crippen LogP contribution in [0.25, 0.3) is 0 Å². The predicted molar refractivity (Wildman–Crippen MR) is 108 cm³/mol. The highest BCUT2D eigenvalue weighted by atomic mass is 32.2. The molecule has 0 saturated heterocycles. The normalized spacial score (nSPS) is 13.2. The maximum absolute atomic E-state index is 12.2. The van der Waals surface area contributed by atoms with Gasteiger partial charge in [0.2, 0.25) is 15.9 Å². The zero-order valence-corrected chi connectivity index (χ0v) is 17.5. The van der Waals surface area contributed by atoms with Gasteiger partial charge in [0.05, 0.1) is 10.6 Å². The van der Waals surface area contributed by atoms with Gasteiger partial charge >= 0.3 is 0 Å². The number of nitrogens with one attached hydrogen (secondary N) is 1. The summed E-state index contributed by atoms with van der Waals surface area (Å²) >= 11 is 1.26. The van der Waals surface area contributed by atoms with E-state index in [1.54, 1.807) is 12.1 Å². The van der Waals surface area contributed by atoms with E-state index in [0.717, 1.165) is 9.20 Å². The molecule has 1 N–H and O–H groups in total. The lowest BCUT2D eigenvalue weighted by molar-refractivity contribution is -0.117.